The molecule has 3 heterocycles. The van der Waals surface area contributed by atoms with Gasteiger partial charge in [-0.3, -0.25) is 9.59 Å². The number of carbonyl (C=O) groups excluding carboxylic acids is 2. The van der Waals surface area contributed by atoms with Crippen molar-refractivity contribution in [2.45, 2.75) is 78.2 Å². The molecule has 4 fully saturated rings. The standard InChI is InChI=1S/C35H49FN6O4/c1-5-42(24(2)3)33(44)28-16-27(36)6-7-30(28)46-32-31(37-23-38-39-32)41-21-35(22-41)12-14-40(15-13-35)19-25-8-10-34(11-9-25)17-26(20-45-4)29(43)18-34/h6-7,16,23-26H,5,8-15,17-22H2,1-4H3/t25?,26-,34?/m1/s1. The average Bonchev–Trinajstić information content (AvgIpc) is 3.33. The molecule has 0 unspecified atom stereocenters. The van der Waals surface area contributed by atoms with Gasteiger partial charge in [0.1, 0.15) is 23.7 Å². The number of carbonyl (C=O) groups is 2. The Morgan fingerprint density at radius 1 is 1.13 bits per heavy atom. The molecule has 0 bridgehead atoms. The zero-order valence-corrected chi connectivity index (χ0v) is 27.8. The average molecular weight is 637 g/mol. The maximum atomic E-state index is 14.3. The Balaban J connectivity index is 1.02. The summed E-state index contributed by atoms with van der Waals surface area (Å²) < 4.78 is 25.7. The third kappa shape index (κ3) is 6.76. The number of amides is 1. The minimum absolute atomic E-state index is 0.0425. The van der Waals surface area contributed by atoms with Gasteiger partial charge in [-0.25, -0.2) is 9.37 Å². The number of piperidine rings is 1. The molecule has 11 heteroatoms. The summed E-state index contributed by atoms with van der Waals surface area (Å²) in [6, 6.07) is 3.93. The summed E-state index contributed by atoms with van der Waals surface area (Å²) in [6.07, 6.45) is 10.3. The molecule has 1 aromatic heterocycles. The lowest BCUT2D eigenvalue weighted by molar-refractivity contribution is -0.122. The molecule has 2 aliphatic heterocycles. The van der Waals surface area contributed by atoms with E-state index in [1.807, 2.05) is 20.8 Å². The summed E-state index contributed by atoms with van der Waals surface area (Å²) in [4.78, 5) is 36.8. The number of ether oxygens (including phenoxy) is 2. The number of likely N-dealkylation sites (tertiary alicyclic amines) is 1. The molecule has 0 radical (unpaired) electrons. The number of ketones is 1. The van der Waals surface area contributed by atoms with Crippen molar-refractivity contribution in [3.63, 3.8) is 0 Å². The molecule has 6 rings (SSSR count). The highest BCUT2D eigenvalue weighted by molar-refractivity contribution is 5.97. The van der Waals surface area contributed by atoms with E-state index < -0.39 is 5.82 Å². The van der Waals surface area contributed by atoms with Gasteiger partial charge in [0.05, 0.1) is 12.2 Å². The van der Waals surface area contributed by atoms with Crippen molar-refractivity contribution in [1.29, 1.82) is 0 Å². The zero-order valence-electron chi connectivity index (χ0n) is 27.8. The lowest BCUT2D eigenvalue weighted by atomic mass is 9.68. The summed E-state index contributed by atoms with van der Waals surface area (Å²) in [5.74, 6) is 1.48. The second-order valence-corrected chi connectivity index (χ2v) is 14.6. The molecule has 1 atom stereocenters. The van der Waals surface area contributed by atoms with Crippen molar-refractivity contribution in [2.75, 3.05) is 57.9 Å². The summed E-state index contributed by atoms with van der Waals surface area (Å²) in [5.41, 5.74) is 0.625. The van der Waals surface area contributed by atoms with Crippen LogP contribution in [0.1, 0.15) is 82.5 Å². The first-order valence-corrected chi connectivity index (χ1v) is 17.1. The first kappa shape index (κ1) is 32.7. The first-order chi connectivity index (χ1) is 22.1. The van der Waals surface area contributed by atoms with Crippen LogP contribution in [0.3, 0.4) is 0 Å². The molecule has 4 aliphatic rings. The summed E-state index contributed by atoms with van der Waals surface area (Å²) >= 11 is 0. The molecule has 46 heavy (non-hydrogen) atoms. The van der Waals surface area contributed by atoms with Crippen molar-refractivity contribution in [3.05, 3.63) is 35.9 Å². The Labute approximate surface area is 272 Å². The second kappa shape index (κ2) is 13.5. The van der Waals surface area contributed by atoms with E-state index in [-0.39, 0.29) is 45.9 Å². The summed E-state index contributed by atoms with van der Waals surface area (Å²) in [5, 5.41) is 8.18. The third-order valence-electron chi connectivity index (χ3n) is 11.2. The minimum Gasteiger partial charge on any atom is -0.434 e. The van der Waals surface area contributed by atoms with Crippen molar-refractivity contribution in [1.82, 2.24) is 25.0 Å². The van der Waals surface area contributed by atoms with E-state index in [1.165, 1.54) is 50.2 Å². The normalized spacial score (nSPS) is 26.1. The first-order valence-electron chi connectivity index (χ1n) is 17.1. The van der Waals surface area contributed by atoms with Crippen LogP contribution in [0.4, 0.5) is 10.2 Å². The molecule has 0 N–H and O–H groups in total. The highest BCUT2D eigenvalue weighted by Crippen LogP contribution is 2.51. The number of anilines is 1. The fourth-order valence-corrected chi connectivity index (χ4v) is 8.54. The largest absolute Gasteiger partial charge is 0.434 e. The summed E-state index contributed by atoms with van der Waals surface area (Å²) in [6.45, 7) is 11.9. The number of Topliss-reactive ketones (excluding diaryl/α,β-unsaturated/α-hetero) is 1. The van der Waals surface area contributed by atoms with Crippen LogP contribution in [-0.2, 0) is 9.53 Å². The Kier molecular flexibility index (Phi) is 9.62. The fraction of sp³-hybridized carbons (Fsp3) is 0.686. The lowest BCUT2D eigenvalue weighted by Crippen LogP contribution is -2.61. The molecule has 1 aromatic carbocycles. The topological polar surface area (TPSA) is 101 Å². The second-order valence-electron chi connectivity index (χ2n) is 14.6. The molecule has 2 aliphatic carbocycles. The number of aromatic nitrogens is 3. The zero-order chi connectivity index (χ0) is 32.5. The van der Waals surface area contributed by atoms with Gasteiger partial charge < -0.3 is 24.2 Å². The van der Waals surface area contributed by atoms with Gasteiger partial charge in [0.25, 0.3) is 11.8 Å². The molecule has 10 nitrogen and oxygen atoms in total. The number of nitrogens with zero attached hydrogens (tertiary/aromatic N) is 6. The van der Waals surface area contributed by atoms with Gasteiger partial charge in [-0.15, -0.1) is 10.2 Å². The van der Waals surface area contributed by atoms with E-state index in [1.54, 1.807) is 12.0 Å². The number of hydrogen-bond donors (Lipinski definition) is 0. The quantitative estimate of drug-likeness (QED) is 0.340. The van der Waals surface area contributed by atoms with Crippen molar-refractivity contribution < 1.29 is 23.5 Å². The Morgan fingerprint density at radius 3 is 2.54 bits per heavy atom. The van der Waals surface area contributed by atoms with E-state index >= 15 is 0 Å². The van der Waals surface area contributed by atoms with Crippen LogP contribution in [0.25, 0.3) is 0 Å². The fourth-order valence-electron chi connectivity index (χ4n) is 8.54. The van der Waals surface area contributed by atoms with Crippen LogP contribution < -0.4 is 9.64 Å². The molecule has 2 aromatic rings. The van der Waals surface area contributed by atoms with Crippen LogP contribution in [0.2, 0.25) is 0 Å². The number of halogens is 1. The number of benzene rings is 1. The lowest BCUT2D eigenvalue weighted by Gasteiger charge is -2.54. The Morgan fingerprint density at radius 2 is 1.87 bits per heavy atom. The molecule has 2 saturated heterocycles. The molecule has 1 amide bonds. The molecule has 2 spiro atoms. The molecule has 250 valence electrons. The van der Waals surface area contributed by atoms with Gasteiger partial charge in [0.2, 0.25) is 0 Å². The van der Waals surface area contributed by atoms with Gasteiger partial charge in [0.15, 0.2) is 5.82 Å². The van der Waals surface area contributed by atoms with Crippen LogP contribution in [-0.4, -0.2) is 95.7 Å². The van der Waals surface area contributed by atoms with E-state index in [2.05, 4.69) is 25.0 Å². The van der Waals surface area contributed by atoms with Crippen LogP contribution in [0, 0.1) is 28.5 Å². The predicted octanol–water partition coefficient (Wildman–Crippen LogP) is 5.38. The highest BCUT2D eigenvalue weighted by Gasteiger charge is 2.48. The number of hydrogen-bond acceptors (Lipinski definition) is 9. The highest BCUT2D eigenvalue weighted by atomic mass is 19.1. The summed E-state index contributed by atoms with van der Waals surface area (Å²) in [7, 11) is 1.70. The molecule has 2 saturated carbocycles. The SMILES string of the molecule is CCN(C(=O)c1cc(F)ccc1Oc1nncnc1N1CC2(CCN(CC3CCC4(CC3)CC(=O)[C@@H](COC)C4)CC2)C1)C(C)C. The van der Waals surface area contributed by atoms with Crippen LogP contribution >= 0.6 is 0 Å². The monoisotopic (exact) mass is 636 g/mol. The van der Waals surface area contributed by atoms with Gasteiger partial charge in [0, 0.05) is 57.1 Å². The Bertz CT molecular complexity index is 1400. The minimum atomic E-state index is -0.502. The van der Waals surface area contributed by atoms with E-state index in [9.17, 15) is 14.0 Å². The predicted molar refractivity (Wildman–Crippen MR) is 172 cm³/mol. The van der Waals surface area contributed by atoms with Gasteiger partial charge >= 0.3 is 0 Å². The molecular weight excluding hydrogens is 587 g/mol. The molecular formula is C35H49FN6O4. The van der Waals surface area contributed by atoms with Crippen molar-refractivity contribution in [3.8, 4) is 11.6 Å². The number of rotatable bonds is 10. The van der Waals surface area contributed by atoms with E-state index in [0.29, 0.717) is 30.7 Å². The van der Waals surface area contributed by atoms with Gasteiger partial charge in [-0.1, -0.05) is 0 Å². The third-order valence-corrected chi connectivity index (χ3v) is 11.2. The van der Waals surface area contributed by atoms with E-state index in [4.69, 9.17) is 9.47 Å². The van der Waals surface area contributed by atoms with Crippen molar-refractivity contribution >= 4 is 17.5 Å². The van der Waals surface area contributed by atoms with E-state index in [0.717, 1.165) is 58.4 Å². The van der Waals surface area contributed by atoms with Crippen molar-refractivity contribution in [2.24, 2.45) is 22.7 Å². The number of methoxy groups -OCH3 is 1. The Hall–Kier alpha value is -3.18. The van der Waals surface area contributed by atoms with Gasteiger partial charge in [-0.05, 0) is 108 Å². The van der Waals surface area contributed by atoms with Crippen LogP contribution in [0.15, 0.2) is 24.5 Å². The maximum absolute atomic E-state index is 14.3. The van der Waals surface area contributed by atoms with Crippen LogP contribution in [0.5, 0.6) is 11.6 Å². The smallest absolute Gasteiger partial charge is 0.282 e. The van der Waals surface area contributed by atoms with Gasteiger partial charge in [-0.2, -0.15) is 0 Å². The maximum Gasteiger partial charge on any atom is 0.282 e.